The van der Waals surface area contributed by atoms with E-state index in [1.54, 1.807) is 7.11 Å². The van der Waals surface area contributed by atoms with Crippen LogP contribution in [0.25, 0.3) is 0 Å². The van der Waals surface area contributed by atoms with Gasteiger partial charge in [0.25, 0.3) is 0 Å². The van der Waals surface area contributed by atoms with Crippen LogP contribution in [-0.4, -0.2) is 12.2 Å². The molecule has 0 unspecified atom stereocenters. The van der Waals surface area contributed by atoms with Crippen LogP contribution in [0.2, 0.25) is 0 Å². The fourth-order valence-corrected chi connectivity index (χ4v) is 5.32. The second-order valence-electron chi connectivity index (χ2n) is 6.83. The minimum atomic E-state index is -0.639. The first-order valence-electron chi connectivity index (χ1n) is 7.57. The highest BCUT2D eigenvalue weighted by Gasteiger charge is 2.57. The van der Waals surface area contributed by atoms with Crippen LogP contribution in [0.4, 0.5) is 0 Å². The number of benzene rings is 1. The molecule has 19 heavy (non-hydrogen) atoms. The third-order valence-corrected chi connectivity index (χ3v) is 5.92. The van der Waals surface area contributed by atoms with Gasteiger partial charge in [-0.05, 0) is 61.8 Å². The molecule has 0 aromatic heterocycles. The summed E-state index contributed by atoms with van der Waals surface area (Å²) in [5.41, 5.74) is 0.395. The van der Waals surface area contributed by atoms with Gasteiger partial charge in [0, 0.05) is 5.56 Å². The summed E-state index contributed by atoms with van der Waals surface area (Å²) >= 11 is 0. The van der Waals surface area contributed by atoms with Crippen LogP contribution in [0.15, 0.2) is 24.3 Å². The minimum Gasteiger partial charge on any atom is -0.496 e. The summed E-state index contributed by atoms with van der Waals surface area (Å²) < 4.78 is 5.51. The van der Waals surface area contributed by atoms with E-state index in [9.17, 15) is 5.11 Å². The Kier molecular flexibility index (Phi) is 2.47. The fraction of sp³-hybridized carbons (Fsp3) is 0.647. The van der Waals surface area contributed by atoms with Gasteiger partial charge in [-0.3, -0.25) is 0 Å². The lowest BCUT2D eigenvalue weighted by atomic mass is 9.48. The zero-order valence-electron chi connectivity index (χ0n) is 11.5. The standard InChI is InChI=1S/C17H22O2/c1-19-16-5-3-2-4-15(16)17(18)13-7-11-6-12(9-13)10-14(17)8-11/h2-5,11-14,18H,6-10H2,1H3. The molecule has 1 aromatic carbocycles. The number of methoxy groups -OCH3 is 1. The van der Waals surface area contributed by atoms with Crippen molar-refractivity contribution in [2.45, 2.75) is 37.7 Å². The van der Waals surface area contributed by atoms with Crippen molar-refractivity contribution in [3.63, 3.8) is 0 Å². The fourth-order valence-electron chi connectivity index (χ4n) is 5.32. The van der Waals surface area contributed by atoms with E-state index in [2.05, 4.69) is 6.07 Å². The van der Waals surface area contributed by atoms with Gasteiger partial charge in [0.15, 0.2) is 0 Å². The van der Waals surface area contributed by atoms with E-state index in [4.69, 9.17) is 4.74 Å². The van der Waals surface area contributed by atoms with E-state index in [0.717, 1.165) is 23.1 Å². The molecule has 4 aliphatic rings. The second-order valence-corrected chi connectivity index (χ2v) is 6.83. The largest absolute Gasteiger partial charge is 0.496 e. The van der Waals surface area contributed by atoms with Gasteiger partial charge in [-0.25, -0.2) is 0 Å². The molecular formula is C17H22O2. The lowest BCUT2D eigenvalue weighted by Gasteiger charge is -2.59. The normalized spacial score (nSPS) is 43.5. The van der Waals surface area contributed by atoms with Gasteiger partial charge in [-0.15, -0.1) is 0 Å². The molecule has 102 valence electrons. The maximum absolute atomic E-state index is 11.5. The molecule has 5 rings (SSSR count). The Labute approximate surface area is 114 Å². The molecule has 2 nitrogen and oxygen atoms in total. The number of aliphatic hydroxyl groups is 1. The molecule has 4 saturated carbocycles. The first kappa shape index (κ1) is 11.8. The summed E-state index contributed by atoms with van der Waals surface area (Å²) in [6.45, 7) is 0. The highest BCUT2D eigenvalue weighted by atomic mass is 16.5. The quantitative estimate of drug-likeness (QED) is 0.881. The summed E-state index contributed by atoms with van der Waals surface area (Å²) in [4.78, 5) is 0. The van der Waals surface area contributed by atoms with Crippen molar-refractivity contribution in [2.24, 2.45) is 23.7 Å². The van der Waals surface area contributed by atoms with Gasteiger partial charge in [-0.1, -0.05) is 18.2 Å². The number of hydrogen-bond donors (Lipinski definition) is 1. The molecule has 4 aliphatic carbocycles. The third kappa shape index (κ3) is 1.53. The monoisotopic (exact) mass is 258 g/mol. The van der Waals surface area contributed by atoms with Crippen LogP contribution in [-0.2, 0) is 5.60 Å². The van der Waals surface area contributed by atoms with Crippen molar-refractivity contribution >= 4 is 0 Å². The SMILES string of the molecule is COc1ccccc1C1(O)C2CC3CC(C2)CC1C3. The van der Waals surface area contributed by atoms with E-state index in [0.29, 0.717) is 11.8 Å². The third-order valence-electron chi connectivity index (χ3n) is 5.92. The van der Waals surface area contributed by atoms with Gasteiger partial charge >= 0.3 is 0 Å². The predicted octanol–water partition coefficient (Wildman–Crippen LogP) is 3.34. The maximum atomic E-state index is 11.5. The summed E-state index contributed by atoms with van der Waals surface area (Å²) in [6.07, 6.45) is 6.25. The number of ether oxygens (including phenoxy) is 1. The Bertz CT molecular complexity index is 466. The van der Waals surface area contributed by atoms with Gasteiger partial charge in [0.1, 0.15) is 5.75 Å². The molecule has 0 amide bonds. The Morgan fingerprint density at radius 3 is 2.16 bits per heavy atom. The zero-order valence-corrected chi connectivity index (χ0v) is 11.5. The van der Waals surface area contributed by atoms with Gasteiger partial charge in [-0.2, -0.15) is 0 Å². The Balaban J connectivity index is 1.80. The summed E-state index contributed by atoms with van der Waals surface area (Å²) in [5.74, 6) is 3.49. The Morgan fingerprint density at radius 2 is 1.58 bits per heavy atom. The highest BCUT2D eigenvalue weighted by molar-refractivity contribution is 5.40. The highest BCUT2D eigenvalue weighted by Crippen LogP contribution is 2.62. The molecule has 0 heterocycles. The van der Waals surface area contributed by atoms with Gasteiger partial charge < -0.3 is 9.84 Å². The zero-order chi connectivity index (χ0) is 13.0. The Morgan fingerprint density at radius 1 is 1.00 bits per heavy atom. The average molecular weight is 258 g/mol. The minimum absolute atomic E-state index is 0.444. The second kappa shape index (κ2) is 3.99. The molecule has 0 aliphatic heterocycles. The van der Waals surface area contributed by atoms with E-state index in [-0.39, 0.29) is 0 Å². The summed E-state index contributed by atoms with van der Waals surface area (Å²) in [7, 11) is 1.71. The van der Waals surface area contributed by atoms with Crippen LogP contribution < -0.4 is 4.74 Å². The van der Waals surface area contributed by atoms with Crippen LogP contribution >= 0.6 is 0 Å². The van der Waals surface area contributed by atoms with Crippen molar-refractivity contribution in [2.75, 3.05) is 7.11 Å². The molecule has 0 spiro atoms. The topological polar surface area (TPSA) is 29.5 Å². The maximum Gasteiger partial charge on any atom is 0.124 e. The van der Waals surface area contributed by atoms with Crippen molar-refractivity contribution in [3.05, 3.63) is 29.8 Å². The van der Waals surface area contributed by atoms with E-state index >= 15 is 0 Å². The van der Waals surface area contributed by atoms with Gasteiger partial charge in [0.05, 0.1) is 12.7 Å². The summed E-state index contributed by atoms with van der Waals surface area (Å²) in [5, 5.41) is 11.5. The van der Waals surface area contributed by atoms with Crippen molar-refractivity contribution in [1.82, 2.24) is 0 Å². The molecule has 1 N–H and O–H groups in total. The van der Waals surface area contributed by atoms with Crippen LogP contribution in [0.3, 0.4) is 0 Å². The van der Waals surface area contributed by atoms with Crippen molar-refractivity contribution < 1.29 is 9.84 Å². The molecule has 0 saturated heterocycles. The Hall–Kier alpha value is -1.02. The number of rotatable bonds is 2. The van der Waals surface area contributed by atoms with Crippen LogP contribution in [0.5, 0.6) is 5.75 Å². The molecule has 4 bridgehead atoms. The molecule has 0 radical (unpaired) electrons. The van der Waals surface area contributed by atoms with Crippen molar-refractivity contribution in [1.29, 1.82) is 0 Å². The predicted molar refractivity (Wildman–Crippen MR) is 73.9 cm³/mol. The smallest absolute Gasteiger partial charge is 0.124 e. The first-order chi connectivity index (χ1) is 9.21. The van der Waals surface area contributed by atoms with Gasteiger partial charge in [0.2, 0.25) is 0 Å². The molecular weight excluding hydrogens is 236 g/mol. The van der Waals surface area contributed by atoms with Crippen molar-refractivity contribution in [3.8, 4) is 5.75 Å². The lowest BCUT2D eigenvalue weighted by Crippen LogP contribution is -2.55. The van der Waals surface area contributed by atoms with E-state index in [1.165, 1.54) is 32.1 Å². The van der Waals surface area contributed by atoms with E-state index < -0.39 is 5.60 Å². The average Bonchev–Trinajstić information content (AvgIpc) is 2.43. The molecule has 0 atom stereocenters. The van der Waals surface area contributed by atoms with Crippen LogP contribution in [0, 0.1) is 23.7 Å². The lowest BCUT2D eigenvalue weighted by molar-refractivity contribution is -0.180. The summed E-state index contributed by atoms with van der Waals surface area (Å²) in [6, 6.07) is 8.07. The number of para-hydroxylation sites is 1. The first-order valence-corrected chi connectivity index (χ1v) is 7.57. The molecule has 1 aromatic rings. The van der Waals surface area contributed by atoms with Crippen LogP contribution in [0.1, 0.15) is 37.7 Å². The van der Waals surface area contributed by atoms with E-state index in [1.807, 2.05) is 18.2 Å². The molecule has 2 heteroatoms. The molecule has 4 fully saturated rings. The number of hydrogen-bond acceptors (Lipinski definition) is 2.